The van der Waals surface area contributed by atoms with Crippen molar-refractivity contribution in [3.05, 3.63) is 95.7 Å². The van der Waals surface area contributed by atoms with Gasteiger partial charge in [-0.1, -0.05) is 85.3 Å². The van der Waals surface area contributed by atoms with Gasteiger partial charge in [0, 0.05) is 0 Å². The highest BCUT2D eigenvalue weighted by atomic mass is 32.1. The monoisotopic (exact) mass is 510 g/mol. The molecule has 0 spiro atoms. The maximum atomic E-state index is 12.7. The number of anilines is 1. The summed E-state index contributed by atoms with van der Waals surface area (Å²) in [5, 5.41) is 2.90. The van der Waals surface area contributed by atoms with Gasteiger partial charge in [0.1, 0.15) is 11.9 Å². The minimum Gasteiger partial charge on any atom is -0.441 e. The van der Waals surface area contributed by atoms with Crippen molar-refractivity contribution in [1.82, 2.24) is 4.37 Å². The quantitative estimate of drug-likeness (QED) is 0.273. The number of rotatable bonds is 7. The molecule has 37 heavy (non-hydrogen) atoms. The Hall–Kier alpha value is -3.77. The molecule has 0 bridgehead atoms. The number of benzene rings is 3. The lowest BCUT2D eigenvalue weighted by Crippen LogP contribution is -2.40. The van der Waals surface area contributed by atoms with E-state index in [2.05, 4.69) is 46.1 Å². The van der Waals surface area contributed by atoms with Gasteiger partial charge in [0.15, 0.2) is 0 Å². The van der Waals surface area contributed by atoms with Gasteiger partial charge in [0.2, 0.25) is 0 Å². The summed E-state index contributed by atoms with van der Waals surface area (Å²) in [4.78, 5) is 25.8. The molecule has 1 amide bonds. The molecule has 1 atom stereocenters. The van der Waals surface area contributed by atoms with Crippen molar-refractivity contribution in [2.45, 2.75) is 51.6 Å². The summed E-state index contributed by atoms with van der Waals surface area (Å²) in [5.74, 6) is 0.263. The van der Waals surface area contributed by atoms with E-state index in [4.69, 9.17) is 4.74 Å². The Morgan fingerprint density at radius 1 is 0.919 bits per heavy atom. The summed E-state index contributed by atoms with van der Waals surface area (Å²) in [5.41, 5.74) is 6.36. The van der Waals surface area contributed by atoms with E-state index in [-0.39, 0.29) is 17.3 Å². The summed E-state index contributed by atoms with van der Waals surface area (Å²) in [6.45, 7) is 5.44. The summed E-state index contributed by atoms with van der Waals surface area (Å²) >= 11 is 1.35. The first-order valence-electron chi connectivity index (χ1n) is 12.6. The van der Waals surface area contributed by atoms with Gasteiger partial charge >= 0.3 is 6.09 Å². The fraction of sp³-hybridized carbons (Fsp3) is 0.258. The number of aromatic nitrogens is 1. The summed E-state index contributed by atoms with van der Waals surface area (Å²) in [6, 6.07) is 26.3. The molecule has 1 aromatic heterocycles. The smallest absolute Gasteiger partial charge is 0.412 e. The largest absolute Gasteiger partial charge is 0.441 e. The van der Waals surface area contributed by atoms with Crippen molar-refractivity contribution in [3.8, 4) is 21.6 Å². The molecule has 6 heteroatoms. The molecule has 0 saturated heterocycles. The van der Waals surface area contributed by atoms with Crippen LogP contribution in [-0.2, 0) is 14.9 Å². The Bertz CT molecular complexity index is 1410. The highest BCUT2D eigenvalue weighted by Gasteiger charge is 2.42. The van der Waals surface area contributed by atoms with Crippen LogP contribution in [0.15, 0.2) is 78.9 Å². The molecule has 3 aromatic carbocycles. The SMILES string of the molecule is CC(=O)C1(c2ccc(-c3ccc(-c4snc(C)c4NC(=O)O[C@H](C)c4ccccc4)cc3)cc2)CCC1. The molecule has 1 aliphatic carbocycles. The number of hydrogen-bond donors (Lipinski definition) is 1. The highest BCUT2D eigenvalue weighted by Crippen LogP contribution is 2.45. The number of ether oxygens (including phenoxy) is 1. The number of carbonyl (C=O) groups is 2. The summed E-state index contributed by atoms with van der Waals surface area (Å²) in [7, 11) is 0. The van der Waals surface area contributed by atoms with Crippen molar-refractivity contribution < 1.29 is 14.3 Å². The van der Waals surface area contributed by atoms with Crippen molar-refractivity contribution in [1.29, 1.82) is 0 Å². The Kier molecular flexibility index (Phi) is 6.94. The first-order chi connectivity index (χ1) is 17.9. The second-order valence-electron chi connectivity index (χ2n) is 9.70. The van der Waals surface area contributed by atoms with Crippen molar-refractivity contribution >= 4 is 29.1 Å². The molecule has 5 nitrogen and oxygen atoms in total. The van der Waals surface area contributed by atoms with Gasteiger partial charge in [0.25, 0.3) is 0 Å². The zero-order chi connectivity index (χ0) is 26.0. The highest BCUT2D eigenvalue weighted by molar-refractivity contribution is 7.10. The Labute approximate surface area is 221 Å². The average Bonchev–Trinajstić information content (AvgIpc) is 3.24. The zero-order valence-electron chi connectivity index (χ0n) is 21.3. The number of Topliss-reactive ketones (excluding diaryl/α,β-unsaturated/α-hetero) is 1. The van der Waals surface area contributed by atoms with E-state index in [1.165, 1.54) is 11.5 Å². The lowest BCUT2D eigenvalue weighted by Gasteiger charge is -2.40. The molecular weight excluding hydrogens is 480 g/mol. The van der Waals surface area contributed by atoms with Crippen LogP contribution in [0.4, 0.5) is 10.5 Å². The third kappa shape index (κ3) is 4.94. The van der Waals surface area contributed by atoms with E-state index < -0.39 is 6.09 Å². The first kappa shape index (κ1) is 24.9. The minimum absolute atomic E-state index is 0.263. The van der Waals surface area contributed by atoms with E-state index in [0.29, 0.717) is 5.69 Å². The second kappa shape index (κ2) is 10.3. The summed E-state index contributed by atoms with van der Waals surface area (Å²) < 4.78 is 10.1. The van der Waals surface area contributed by atoms with E-state index in [1.54, 1.807) is 6.92 Å². The molecule has 1 heterocycles. The minimum atomic E-state index is -0.507. The molecule has 0 unspecified atom stereocenters. The molecular formula is C31H30N2O3S. The fourth-order valence-corrected chi connectivity index (χ4v) is 5.82. The molecule has 1 fully saturated rings. The van der Waals surface area contributed by atoms with E-state index in [9.17, 15) is 9.59 Å². The van der Waals surface area contributed by atoms with Crippen molar-refractivity contribution in [2.24, 2.45) is 0 Å². The number of carbonyl (C=O) groups excluding carboxylic acids is 2. The fourth-order valence-electron chi connectivity index (χ4n) is 4.97. The van der Waals surface area contributed by atoms with Crippen LogP contribution in [0.3, 0.4) is 0 Å². The van der Waals surface area contributed by atoms with E-state index in [1.807, 2.05) is 56.3 Å². The third-order valence-corrected chi connectivity index (χ3v) is 8.43. The zero-order valence-corrected chi connectivity index (χ0v) is 22.1. The van der Waals surface area contributed by atoms with Crippen LogP contribution in [0.1, 0.15) is 56.0 Å². The van der Waals surface area contributed by atoms with Crippen LogP contribution in [0.25, 0.3) is 21.6 Å². The normalized spacial score (nSPS) is 14.9. The van der Waals surface area contributed by atoms with E-state index in [0.717, 1.165) is 57.7 Å². The summed E-state index contributed by atoms with van der Waals surface area (Å²) in [6.07, 6.45) is 2.13. The van der Waals surface area contributed by atoms with Gasteiger partial charge in [-0.15, -0.1) is 0 Å². The molecule has 0 radical (unpaired) electrons. The van der Waals surface area contributed by atoms with Crippen molar-refractivity contribution in [2.75, 3.05) is 5.32 Å². The molecule has 0 aliphatic heterocycles. The maximum Gasteiger partial charge on any atom is 0.412 e. The van der Waals surface area contributed by atoms with Gasteiger partial charge in [-0.05, 0) is 73.0 Å². The first-order valence-corrected chi connectivity index (χ1v) is 13.4. The number of hydrogen-bond acceptors (Lipinski definition) is 5. The third-order valence-electron chi connectivity index (χ3n) is 7.44. The van der Waals surface area contributed by atoms with Crippen LogP contribution in [-0.4, -0.2) is 16.3 Å². The van der Waals surface area contributed by atoms with Gasteiger partial charge < -0.3 is 4.74 Å². The van der Waals surface area contributed by atoms with Gasteiger partial charge in [0.05, 0.1) is 21.7 Å². The van der Waals surface area contributed by atoms with E-state index >= 15 is 0 Å². The predicted octanol–water partition coefficient (Wildman–Crippen LogP) is 8.11. The van der Waals surface area contributed by atoms with Gasteiger partial charge in [-0.2, -0.15) is 4.37 Å². The van der Waals surface area contributed by atoms with Crippen molar-refractivity contribution in [3.63, 3.8) is 0 Å². The Morgan fingerprint density at radius 3 is 2.08 bits per heavy atom. The molecule has 1 N–H and O–H groups in total. The number of nitrogens with zero attached hydrogens (tertiary/aromatic N) is 1. The predicted molar refractivity (Wildman–Crippen MR) is 149 cm³/mol. The number of ketones is 1. The van der Waals surface area contributed by atoms with Crippen LogP contribution in [0.2, 0.25) is 0 Å². The van der Waals surface area contributed by atoms with Gasteiger partial charge in [-0.3, -0.25) is 10.1 Å². The Morgan fingerprint density at radius 2 is 1.51 bits per heavy atom. The topological polar surface area (TPSA) is 68.3 Å². The number of nitrogens with one attached hydrogen (secondary N) is 1. The number of aryl methyl sites for hydroxylation is 1. The molecule has 188 valence electrons. The lowest BCUT2D eigenvalue weighted by molar-refractivity contribution is -0.125. The Balaban J connectivity index is 1.30. The average molecular weight is 511 g/mol. The second-order valence-corrected chi connectivity index (χ2v) is 10.5. The van der Waals surface area contributed by atoms with Crippen LogP contribution in [0.5, 0.6) is 0 Å². The van der Waals surface area contributed by atoms with Crippen LogP contribution >= 0.6 is 11.5 Å². The lowest BCUT2D eigenvalue weighted by atomic mass is 9.62. The standard InChI is InChI=1S/C31H30N2O3S/c1-20-28(32-30(35)36-21(2)23-8-5-4-6-9-23)29(37-33-20)26-12-10-24(11-13-26)25-14-16-27(17-15-25)31(22(3)34)18-7-19-31/h4-6,8-17,21H,7,18-19H2,1-3H3,(H,32,35)/t21-/m1/s1. The van der Waals surface area contributed by atoms with Gasteiger partial charge in [-0.25, -0.2) is 4.79 Å². The molecule has 1 saturated carbocycles. The van der Waals surface area contributed by atoms with Crippen LogP contribution < -0.4 is 5.32 Å². The molecule has 5 rings (SSSR count). The number of amides is 1. The van der Waals surface area contributed by atoms with Crippen LogP contribution in [0, 0.1) is 6.92 Å². The molecule has 1 aliphatic rings. The maximum absolute atomic E-state index is 12.7. The molecule has 4 aromatic rings.